The number of benzene rings is 1. The summed E-state index contributed by atoms with van der Waals surface area (Å²) in [5, 5.41) is 51.5. The van der Waals surface area contributed by atoms with Gasteiger partial charge in [0.2, 0.25) is 53.5 Å². The van der Waals surface area contributed by atoms with Crippen LogP contribution in [0.25, 0.3) is 0 Å². The van der Waals surface area contributed by atoms with Gasteiger partial charge in [-0.3, -0.25) is 82.0 Å². The number of esters is 1. The molecule has 5 aliphatic rings. The number of carboxylic acid groups (broad SMARTS) is 3. The number of amides is 8. The zero-order valence-corrected chi connectivity index (χ0v) is 45.1. The van der Waals surface area contributed by atoms with Crippen LogP contribution in [-0.4, -0.2) is 269 Å². The van der Waals surface area contributed by atoms with Crippen molar-refractivity contribution in [3.63, 3.8) is 0 Å². The van der Waals surface area contributed by atoms with E-state index in [9.17, 15) is 78.0 Å². The quantitative estimate of drug-likeness (QED) is 0.0413. The van der Waals surface area contributed by atoms with E-state index in [2.05, 4.69) is 26.6 Å². The topological polar surface area (TPSA) is 378 Å². The van der Waals surface area contributed by atoms with Crippen LogP contribution >= 0.6 is 0 Å². The minimum atomic E-state index is -1.54. The monoisotopic (exact) mass is 1130 g/mol. The van der Waals surface area contributed by atoms with Gasteiger partial charge in [-0.25, -0.2) is 0 Å². The lowest BCUT2D eigenvalue weighted by molar-refractivity contribution is -0.155. The van der Waals surface area contributed by atoms with Crippen LogP contribution in [0.5, 0.6) is 0 Å². The van der Waals surface area contributed by atoms with Gasteiger partial charge in [0, 0.05) is 97.8 Å². The van der Waals surface area contributed by atoms with Gasteiger partial charge in [-0.05, 0) is 29.9 Å². The number of rotatable bonds is 25. The molecule has 0 aromatic heterocycles. The maximum absolute atomic E-state index is 14.3. The van der Waals surface area contributed by atoms with Crippen LogP contribution in [0.3, 0.4) is 0 Å². The molecule has 9 N–H and O–H groups in total. The van der Waals surface area contributed by atoms with Crippen molar-refractivity contribution in [3.8, 4) is 0 Å². The number of aliphatic hydroxyl groups excluding tert-OH is 1. The summed E-state index contributed by atoms with van der Waals surface area (Å²) in [6.45, 7) is 4.44. The lowest BCUT2D eigenvalue weighted by Crippen LogP contribution is -2.59. The minimum Gasteiger partial charge on any atom is -0.480 e. The molecule has 3 saturated heterocycles. The summed E-state index contributed by atoms with van der Waals surface area (Å²) in [4.78, 5) is 164. The van der Waals surface area contributed by atoms with Crippen molar-refractivity contribution in [2.24, 2.45) is 5.92 Å². The zero-order valence-electron chi connectivity index (χ0n) is 45.1. The van der Waals surface area contributed by atoms with Crippen molar-refractivity contribution in [3.05, 3.63) is 29.3 Å². The Hall–Kier alpha value is -7.34. The van der Waals surface area contributed by atoms with E-state index >= 15 is 0 Å². The van der Waals surface area contributed by atoms with Gasteiger partial charge >= 0.3 is 23.9 Å². The minimum absolute atomic E-state index is 0.0126. The van der Waals surface area contributed by atoms with E-state index < -0.39 is 115 Å². The van der Waals surface area contributed by atoms with E-state index in [1.165, 1.54) is 4.90 Å². The third-order valence-electron chi connectivity index (χ3n) is 14.9. The normalized spacial score (nSPS) is 21.7. The van der Waals surface area contributed by atoms with E-state index in [4.69, 9.17) is 4.74 Å². The number of aliphatic carboxylic acids is 3. The molecule has 6 rings (SSSR count). The van der Waals surface area contributed by atoms with Gasteiger partial charge in [-0.15, -0.1) is 0 Å². The molecule has 0 aliphatic carbocycles. The number of carboxylic acids is 3. The third-order valence-corrected chi connectivity index (χ3v) is 14.9. The molecular weight excluding hydrogens is 1050 g/mol. The molecule has 5 aliphatic heterocycles. The number of carbonyl (C=O) groups is 12. The van der Waals surface area contributed by atoms with Crippen LogP contribution in [-0.2, 0) is 75.1 Å². The van der Waals surface area contributed by atoms with E-state index in [1.807, 2.05) is 24.0 Å². The number of nitrogens with zero attached hydrogens (tertiary/aromatic N) is 7. The molecule has 1 aromatic rings. The Balaban J connectivity index is 0.904. The van der Waals surface area contributed by atoms with Crippen LogP contribution in [0.4, 0.5) is 5.69 Å². The number of nitrogens with one attached hydrogen (secondary N) is 5. The van der Waals surface area contributed by atoms with E-state index in [-0.39, 0.29) is 103 Å². The molecule has 80 heavy (non-hydrogen) atoms. The maximum atomic E-state index is 14.3. The van der Waals surface area contributed by atoms with Crippen LogP contribution in [0.2, 0.25) is 0 Å². The van der Waals surface area contributed by atoms with Crippen LogP contribution in [0, 0.1) is 5.92 Å². The number of hydrogen-bond donors (Lipinski definition) is 9. The maximum Gasteiger partial charge on any atom is 0.323 e. The predicted molar refractivity (Wildman–Crippen MR) is 279 cm³/mol. The first-order chi connectivity index (χ1) is 38.1. The molecule has 29 heteroatoms. The first kappa shape index (κ1) is 61.9. The lowest BCUT2D eigenvalue weighted by Gasteiger charge is -2.36. The fraction of sp³-hybridized carbons (Fsp3) is 0.647. The number of piperazine rings is 1. The Bertz CT molecular complexity index is 2460. The van der Waals surface area contributed by atoms with Crippen molar-refractivity contribution < 1.29 is 82.7 Å². The number of ether oxygens (including phenoxy) is 1. The van der Waals surface area contributed by atoms with Crippen LogP contribution < -0.4 is 31.5 Å². The Kier molecular flexibility index (Phi) is 22.6. The summed E-state index contributed by atoms with van der Waals surface area (Å²) in [7, 11) is 0. The van der Waals surface area contributed by atoms with Crippen molar-refractivity contribution in [1.82, 2.24) is 56.0 Å². The molecule has 29 nitrogen and oxygen atoms in total. The smallest absolute Gasteiger partial charge is 0.323 e. The summed E-state index contributed by atoms with van der Waals surface area (Å²) in [6.07, 6.45) is -1.05. The van der Waals surface area contributed by atoms with Gasteiger partial charge in [0.05, 0.1) is 38.3 Å². The number of aliphatic hydroxyl groups is 1. The number of carbonyl (C=O) groups excluding carboxylic acids is 9. The second-order valence-corrected chi connectivity index (χ2v) is 20.7. The standard InChI is InChI=1S/C51H74N12O17/c1-3-31(2)46(49(77)54-34-8-7-32-5-4-6-33-23-36(63(47(32)33)50(34)78)48(76)55-35-24-45(75)80-51(35)79)56-38(65)10-12-52-37(64)9-11-53-39(66)25-62(30-44(73)74)41(68)27-58-19-21-61(22-20-58)40(67)26-57-13-15-59(28-42(69)70)17-18-60(16-14-57)29-43(71)72/h4-6,31,34-36,46,51,79H,3,7-30H2,1-2H3,(H,52,64)(H,53,66)(H,54,77)(H,55,76)(H,56,65)(H,69,70)(H,71,72)(H,73,74)/t31-,34-,35?,36-,46-,51?/m0/s1. The summed E-state index contributed by atoms with van der Waals surface area (Å²) in [5.41, 5.74) is 2.11. The number of cyclic esters (lactones) is 1. The Labute approximate surface area is 461 Å². The van der Waals surface area contributed by atoms with Crippen molar-refractivity contribution in [1.29, 1.82) is 0 Å². The summed E-state index contributed by atoms with van der Waals surface area (Å²) in [6, 6.07) is 1.25. The number of hydrogen-bond acceptors (Lipinski definition) is 18. The average Bonchev–Trinajstić information content (AvgIpc) is 4.14. The summed E-state index contributed by atoms with van der Waals surface area (Å²) >= 11 is 0. The number of aryl methyl sites for hydroxylation is 1. The summed E-state index contributed by atoms with van der Waals surface area (Å²) in [5.74, 6) is -8.95. The highest BCUT2D eigenvalue weighted by atomic mass is 16.6. The van der Waals surface area contributed by atoms with Crippen molar-refractivity contribution in [2.45, 2.75) is 89.3 Å². The Morgan fingerprint density at radius 3 is 1.82 bits per heavy atom. The molecule has 6 atom stereocenters. The first-order valence-corrected chi connectivity index (χ1v) is 26.9. The van der Waals surface area contributed by atoms with Gasteiger partial charge in [0.1, 0.15) is 37.3 Å². The molecule has 1 aromatic carbocycles. The molecule has 0 saturated carbocycles. The number of anilines is 1. The molecule has 8 amide bonds. The highest BCUT2D eigenvalue weighted by Crippen LogP contribution is 2.39. The third kappa shape index (κ3) is 17.8. The molecule has 3 fully saturated rings. The molecule has 0 radical (unpaired) electrons. The molecular formula is C51H74N12O17. The fourth-order valence-electron chi connectivity index (χ4n) is 10.3. The van der Waals surface area contributed by atoms with Crippen molar-refractivity contribution >= 4 is 76.8 Å². The van der Waals surface area contributed by atoms with E-state index in [0.717, 1.165) is 16.0 Å². The second-order valence-electron chi connectivity index (χ2n) is 20.7. The SMILES string of the molecule is CC[C@H](C)[C@H](NC(=O)CCNC(=O)CCNC(=O)CN(CC(=O)O)C(=O)CN1CCN(C(=O)CN2CCN(CC(=O)O)CCN(CC(=O)O)CC2)CC1)C(=O)N[C@H]1CCc2cccc3c2N(C1=O)[C@H](C(=O)NC1CC(=O)OC1O)C3. The van der Waals surface area contributed by atoms with E-state index in [1.54, 1.807) is 32.6 Å². The van der Waals surface area contributed by atoms with E-state index in [0.29, 0.717) is 57.8 Å². The highest BCUT2D eigenvalue weighted by Gasteiger charge is 2.46. The van der Waals surface area contributed by atoms with Crippen molar-refractivity contribution in [2.75, 3.05) is 123 Å². The predicted octanol–water partition coefficient (Wildman–Crippen LogP) is -5.18. The molecule has 5 heterocycles. The van der Waals surface area contributed by atoms with Gasteiger partial charge in [-0.1, -0.05) is 38.5 Å². The molecule has 440 valence electrons. The number of para-hydroxylation sites is 1. The molecule has 2 unspecified atom stereocenters. The highest BCUT2D eigenvalue weighted by molar-refractivity contribution is 6.08. The van der Waals surface area contributed by atoms with Crippen LogP contribution in [0.1, 0.15) is 57.1 Å². The molecule has 0 bridgehead atoms. The van der Waals surface area contributed by atoms with Gasteiger partial charge < -0.3 is 61.5 Å². The second kappa shape index (κ2) is 29.2. The first-order valence-electron chi connectivity index (χ1n) is 26.9. The van der Waals surface area contributed by atoms with Gasteiger partial charge in [0.15, 0.2) is 0 Å². The zero-order chi connectivity index (χ0) is 58.2. The Morgan fingerprint density at radius 2 is 1.25 bits per heavy atom. The Morgan fingerprint density at radius 1 is 0.688 bits per heavy atom. The van der Waals surface area contributed by atoms with Crippen LogP contribution in [0.15, 0.2) is 18.2 Å². The summed E-state index contributed by atoms with van der Waals surface area (Å²) < 4.78 is 4.76. The molecule has 0 spiro atoms. The van der Waals surface area contributed by atoms with Gasteiger partial charge in [0.25, 0.3) is 0 Å². The average molecular weight is 1130 g/mol. The largest absolute Gasteiger partial charge is 0.480 e. The van der Waals surface area contributed by atoms with Gasteiger partial charge in [-0.2, -0.15) is 0 Å². The lowest BCUT2D eigenvalue weighted by atomic mass is 9.97. The fourth-order valence-corrected chi connectivity index (χ4v) is 10.3.